The molecule has 0 saturated heterocycles. The smallest absolute Gasteiger partial charge is 0.291 e. The second-order valence-corrected chi connectivity index (χ2v) is 8.07. The Morgan fingerprint density at radius 1 is 1.03 bits per heavy atom. The average molecular weight is 488 g/mol. The van der Waals surface area contributed by atoms with Crippen molar-refractivity contribution < 1.29 is 23.5 Å². The molecule has 2 aromatic heterocycles. The number of hydrogen-bond donors (Lipinski definition) is 2. The number of fused-ring (bicyclic) bond motifs is 1. The molecule has 4 aromatic rings. The lowest BCUT2D eigenvalue weighted by molar-refractivity contribution is -0.117. The van der Waals surface area contributed by atoms with Crippen LogP contribution >= 0.6 is 0 Å². The van der Waals surface area contributed by atoms with Gasteiger partial charge in [0.15, 0.2) is 17.3 Å². The van der Waals surface area contributed by atoms with Crippen LogP contribution in [-0.4, -0.2) is 37.1 Å². The molecule has 8 heteroatoms. The van der Waals surface area contributed by atoms with Crippen LogP contribution in [0.5, 0.6) is 11.5 Å². The molecule has 2 amide bonds. The van der Waals surface area contributed by atoms with Gasteiger partial charge in [-0.3, -0.25) is 9.59 Å². The number of aromatic nitrogens is 1. The summed E-state index contributed by atoms with van der Waals surface area (Å²) >= 11 is 0. The number of furan rings is 1. The fraction of sp³-hybridized carbons (Fsp3) is 0.214. The summed E-state index contributed by atoms with van der Waals surface area (Å²) in [4.78, 5) is 25.9. The van der Waals surface area contributed by atoms with Gasteiger partial charge in [-0.1, -0.05) is 24.3 Å². The van der Waals surface area contributed by atoms with Crippen molar-refractivity contribution in [1.82, 2.24) is 15.2 Å². The number of nitrogens with one attached hydrogen (secondary N) is 2. The number of carbonyl (C=O) groups excluding carboxylic acids is 2. The van der Waals surface area contributed by atoms with Gasteiger partial charge in [-0.05, 0) is 55.3 Å². The molecule has 8 nitrogen and oxygen atoms in total. The summed E-state index contributed by atoms with van der Waals surface area (Å²) in [6.07, 6.45) is 5.65. The number of benzene rings is 2. The number of para-hydroxylation sites is 1. The number of aryl methyl sites for hydroxylation is 1. The Balaban J connectivity index is 1.56. The minimum Gasteiger partial charge on any atom is -0.493 e. The van der Waals surface area contributed by atoms with E-state index in [9.17, 15) is 9.59 Å². The van der Waals surface area contributed by atoms with E-state index in [2.05, 4.69) is 22.1 Å². The highest BCUT2D eigenvalue weighted by Gasteiger charge is 2.17. The SMILES string of the molecule is CCn1cc(C=C(NC(=O)c2ccco2)C(=O)NCCc2ccc(OC)c(OC)c2)c2ccccc21. The summed E-state index contributed by atoms with van der Waals surface area (Å²) < 4.78 is 17.9. The Morgan fingerprint density at radius 3 is 2.56 bits per heavy atom. The number of nitrogens with zero attached hydrogens (tertiary/aromatic N) is 1. The van der Waals surface area contributed by atoms with E-state index in [0.717, 1.165) is 28.6 Å². The molecule has 0 atom stereocenters. The predicted molar refractivity (Wildman–Crippen MR) is 138 cm³/mol. The predicted octanol–water partition coefficient (Wildman–Crippen LogP) is 4.40. The van der Waals surface area contributed by atoms with Crippen LogP contribution in [0, 0.1) is 0 Å². The zero-order chi connectivity index (χ0) is 25.5. The molecule has 0 aliphatic rings. The monoisotopic (exact) mass is 487 g/mol. The molecule has 0 aliphatic carbocycles. The first-order valence-corrected chi connectivity index (χ1v) is 11.7. The molecular weight excluding hydrogens is 458 g/mol. The topological polar surface area (TPSA) is 94.7 Å². The third kappa shape index (κ3) is 5.43. The van der Waals surface area contributed by atoms with E-state index in [1.54, 1.807) is 32.4 Å². The zero-order valence-electron chi connectivity index (χ0n) is 20.5. The molecule has 2 heterocycles. The minimum atomic E-state index is -0.500. The van der Waals surface area contributed by atoms with Gasteiger partial charge in [-0.15, -0.1) is 0 Å². The lowest BCUT2D eigenvalue weighted by Gasteiger charge is -2.12. The molecule has 2 N–H and O–H groups in total. The van der Waals surface area contributed by atoms with E-state index in [1.165, 1.54) is 6.26 Å². The second kappa shape index (κ2) is 11.3. The molecular formula is C28H29N3O5. The van der Waals surface area contributed by atoms with Crippen LogP contribution in [-0.2, 0) is 17.8 Å². The summed E-state index contributed by atoms with van der Waals surface area (Å²) in [5.74, 6) is 0.488. The van der Waals surface area contributed by atoms with Gasteiger partial charge in [0.1, 0.15) is 5.70 Å². The largest absolute Gasteiger partial charge is 0.493 e. The maximum absolute atomic E-state index is 13.2. The standard InChI is InChI=1S/C28H29N3O5/c1-4-31-18-20(21-8-5-6-9-23(21)31)17-22(30-28(33)25-10-7-15-36-25)27(32)29-14-13-19-11-12-24(34-2)26(16-19)35-3/h5-12,15-18H,4,13-14H2,1-3H3,(H,29,32)(H,30,33). The minimum absolute atomic E-state index is 0.120. The molecule has 0 saturated carbocycles. The Labute approximate surface area is 209 Å². The van der Waals surface area contributed by atoms with Crippen molar-refractivity contribution in [3.63, 3.8) is 0 Å². The highest BCUT2D eigenvalue weighted by molar-refractivity contribution is 6.05. The average Bonchev–Trinajstić information content (AvgIpc) is 3.57. The second-order valence-electron chi connectivity index (χ2n) is 8.07. The summed E-state index contributed by atoms with van der Waals surface area (Å²) in [5.41, 5.74) is 2.99. The maximum Gasteiger partial charge on any atom is 0.291 e. The van der Waals surface area contributed by atoms with Crippen LogP contribution in [0.25, 0.3) is 17.0 Å². The first kappa shape index (κ1) is 24.7. The fourth-order valence-electron chi connectivity index (χ4n) is 4.01. The molecule has 0 fully saturated rings. The normalized spacial score (nSPS) is 11.4. The molecule has 0 spiro atoms. The zero-order valence-corrected chi connectivity index (χ0v) is 20.5. The van der Waals surface area contributed by atoms with Gasteiger partial charge < -0.3 is 29.1 Å². The molecule has 186 valence electrons. The van der Waals surface area contributed by atoms with E-state index in [1.807, 2.05) is 48.7 Å². The first-order valence-electron chi connectivity index (χ1n) is 11.7. The number of carbonyl (C=O) groups is 2. The molecule has 0 aliphatic heterocycles. The van der Waals surface area contributed by atoms with Crippen molar-refractivity contribution in [1.29, 1.82) is 0 Å². The quantitative estimate of drug-likeness (QED) is 0.323. The Bertz CT molecular complexity index is 1390. The van der Waals surface area contributed by atoms with Crippen LogP contribution in [0.2, 0.25) is 0 Å². The third-order valence-corrected chi connectivity index (χ3v) is 5.84. The molecule has 36 heavy (non-hydrogen) atoms. The maximum atomic E-state index is 13.2. The fourth-order valence-corrected chi connectivity index (χ4v) is 4.01. The number of ether oxygens (including phenoxy) is 2. The number of hydrogen-bond acceptors (Lipinski definition) is 5. The van der Waals surface area contributed by atoms with Gasteiger partial charge in [0.25, 0.3) is 11.8 Å². The Hall–Kier alpha value is -4.46. The van der Waals surface area contributed by atoms with Crippen molar-refractivity contribution in [2.24, 2.45) is 0 Å². The Kier molecular flexibility index (Phi) is 7.75. The van der Waals surface area contributed by atoms with Crippen molar-refractivity contribution >= 4 is 28.8 Å². The van der Waals surface area contributed by atoms with Gasteiger partial charge >= 0.3 is 0 Å². The number of methoxy groups -OCH3 is 2. The summed E-state index contributed by atoms with van der Waals surface area (Å²) in [5, 5.41) is 6.61. The van der Waals surface area contributed by atoms with E-state index in [-0.39, 0.29) is 11.5 Å². The molecule has 2 aromatic carbocycles. The van der Waals surface area contributed by atoms with E-state index in [0.29, 0.717) is 24.5 Å². The van der Waals surface area contributed by atoms with Gasteiger partial charge in [0.2, 0.25) is 0 Å². The lowest BCUT2D eigenvalue weighted by Crippen LogP contribution is -2.35. The summed E-state index contributed by atoms with van der Waals surface area (Å²) in [6.45, 7) is 3.19. The van der Waals surface area contributed by atoms with E-state index < -0.39 is 11.8 Å². The van der Waals surface area contributed by atoms with Crippen LogP contribution in [0.3, 0.4) is 0 Å². The summed E-state index contributed by atoms with van der Waals surface area (Å²) in [7, 11) is 3.16. The first-order chi connectivity index (χ1) is 17.5. The molecule has 0 bridgehead atoms. The molecule has 4 rings (SSSR count). The van der Waals surface area contributed by atoms with Gasteiger partial charge in [-0.2, -0.15) is 0 Å². The highest BCUT2D eigenvalue weighted by Crippen LogP contribution is 2.27. The van der Waals surface area contributed by atoms with Crippen molar-refractivity contribution in [2.45, 2.75) is 19.9 Å². The van der Waals surface area contributed by atoms with Crippen molar-refractivity contribution in [3.8, 4) is 11.5 Å². The Morgan fingerprint density at radius 2 is 1.83 bits per heavy atom. The van der Waals surface area contributed by atoms with Crippen LogP contribution < -0.4 is 20.1 Å². The molecule has 0 unspecified atom stereocenters. The van der Waals surface area contributed by atoms with E-state index >= 15 is 0 Å². The van der Waals surface area contributed by atoms with Crippen LogP contribution in [0.1, 0.15) is 28.6 Å². The van der Waals surface area contributed by atoms with Gasteiger partial charge in [-0.25, -0.2) is 0 Å². The molecule has 0 radical (unpaired) electrons. The number of amides is 2. The number of rotatable bonds is 10. The van der Waals surface area contributed by atoms with Crippen molar-refractivity contribution in [3.05, 3.63) is 89.6 Å². The highest BCUT2D eigenvalue weighted by atomic mass is 16.5. The van der Waals surface area contributed by atoms with Crippen molar-refractivity contribution in [2.75, 3.05) is 20.8 Å². The summed E-state index contributed by atoms with van der Waals surface area (Å²) in [6, 6.07) is 16.7. The van der Waals surface area contributed by atoms with Gasteiger partial charge in [0.05, 0.1) is 20.5 Å². The van der Waals surface area contributed by atoms with Crippen LogP contribution in [0.15, 0.2) is 77.2 Å². The lowest BCUT2D eigenvalue weighted by atomic mass is 10.1. The van der Waals surface area contributed by atoms with Crippen LogP contribution in [0.4, 0.5) is 0 Å². The van der Waals surface area contributed by atoms with E-state index in [4.69, 9.17) is 13.9 Å². The van der Waals surface area contributed by atoms with Gasteiger partial charge in [0, 0.05) is 35.8 Å². The third-order valence-electron chi connectivity index (χ3n) is 5.84.